The number of hydroxylamine groups is 1. The molecular weight excluding hydrogens is 357 g/mol. The van der Waals surface area contributed by atoms with Gasteiger partial charge < -0.3 is 17.1 Å². The van der Waals surface area contributed by atoms with Crippen molar-refractivity contribution in [3.63, 3.8) is 0 Å². The minimum Gasteiger partial charge on any atom is -1.00 e. The van der Waals surface area contributed by atoms with Gasteiger partial charge >= 0.3 is 12.0 Å². The molecule has 2 rings (SSSR count). The van der Waals surface area contributed by atoms with E-state index in [1.165, 1.54) is 25.3 Å². The first-order valence-electron chi connectivity index (χ1n) is 6.61. The van der Waals surface area contributed by atoms with Crippen LogP contribution in [-0.4, -0.2) is 24.3 Å². The van der Waals surface area contributed by atoms with Crippen LogP contribution in [0.15, 0.2) is 48.8 Å². The Morgan fingerprint density at radius 2 is 1.96 bits per heavy atom. The molecule has 0 atom stereocenters. The molecule has 1 heterocycles. The van der Waals surface area contributed by atoms with Gasteiger partial charge in [-0.25, -0.2) is 4.79 Å². The molecule has 1 aromatic heterocycles. The molecule has 2 N–H and O–H groups in total. The highest BCUT2D eigenvalue weighted by Crippen LogP contribution is 2.27. The van der Waals surface area contributed by atoms with Crippen molar-refractivity contribution in [2.75, 3.05) is 17.5 Å². The van der Waals surface area contributed by atoms with Crippen LogP contribution >= 0.6 is 11.6 Å². The molecule has 0 bridgehead atoms. The number of halogens is 2. The molecule has 0 aliphatic carbocycles. The van der Waals surface area contributed by atoms with Crippen molar-refractivity contribution >= 4 is 35.0 Å². The Bertz CT molecular complexity index is 713. The summed E-state index contributed by atoms with van der Waals surface area (Å²) >= 11 is 6.01. The Morgan fingerprint density at radius 1 is 1.29 bits per heavy atom. The predicted octanol–water partition coefficient (Wildman–Crippen LogP) is -0.768. The van der Waals surface area contributed by atoms with Gasteiger partial charge in [-0.2, -0.15) is 9.63 Å². The summed E-state index contributed by atoms with van der Waals surface area (Å²) in [6, 6.07) is 9.65. The number of anilines is 2. The topological polar surface area (TPSA) is 82.8 Å². The van der Waals surface area contributed by atoms with E-state index in [1.54, 1.807) is 29.1 Å². The number of rotatable bonds is 4. The summed E-state index contributed by atoms with van der Waals surface area (Å²) in [7, 11) is 1.23. The summed E-state index contributed by atoms with van der Waals surface area (Å²) in [5.41, 5.74) is 0.493. The first-order valence-corrected chi connectivity index (χ1v) is 6.99. The predicted molar refractivity (Wildman–Crippen MR) is 83.4 cm³/mol. The molecular formula is C15H15Cl2N3O4. The second kappa shape index (κ2) is 9.07. The largest absolute Gasteiger partial charge is 1.00 e. The maximum absolute atomic E-state index is 12.1. The van der Waals surface area contributed by atoms with Crippen LogP contribution in [-0.2, 0) is 16.1 Å². The van der Waals surface area contributed by atoms with E-state index < -0.39 is 12.0 Å². The van der Waals surface area contributed by atoms with Gasteiger partial charge in [-0.1, -0.05) is 17.7 Å². The van der Waals surface area contributed by atoms with Gasteiger partial charge in [0.25, 0.3) is 0 Å². The highest BCUT2D eigenvalue weighted by atomic mass is 35.5. The number of nitrogens with one attached hydrogen (secondary N) is 1. The Kier molecular flexibility index (Phi) is 7.44. The van der Waals surface area contributed by atoms with E-state index in [1.807, 2.05) is 6.07 Å². The van der Waals surface area contributed by atoms with Crippen molar-refractivity contribution in [3.8, 4) is 0 Å². The van der Waals surface area contributed by atoms with E-state index in [2.05, 4.69) is 10.1 Å². The lowest BCUT2D eigenvalue weighted by atomic mass is 10.2. The number of aromatic nitrogens is 1. The summed E-state index contributed by atoms with van der Waals surface area (Å²) in [6.07, 6.45) is 2.75. The number of amides is 2. The zero-order valence-corrected chi connectivity index (χ0v) is 14.2. The molecule has 0 aliphatic rings. The highest BCUT2D eigenvalue weighted by Gasteiger charge is 2.19. The fourth-order valence-corrected chi connectivity index (χ4v) is 2.03. The molecule has 0 unspecified atom stereocenters. The molecule has 0 spiro atoms. The third-order valence-corrected chi connectivity index (χ3v) is 3.26. The molecule has 7 nitrogen and oxygen atoms in total. The van der Waals surface area contributed by atoms with Gasteiger partial charge in [-0.3, -0.25) is 15.3 Å². The lowest BCUT2D eigenvalue weighted by Gasteiger charge is -2.15. The van der Waals surface area contributed by atoms with Gasteiger partial charge in [0.2, 0.25) is 6.54 Å². The molecule has 0 aliphatic heterocycles. The van der Waals surface area contributed by atoms with Gasteiger partial charge in [-0.15, -0.1) is 0 Å². The fraction of sp³-hybridized carbons (Fsp3) is 0.133. The zero-order valence-electron chi connectivity index (χ0n) is 12.6. The third kappa shape index (κ3) is 5.09. The fourth-order valence-electron chi connectivity index (χ4n) is 1.81. The van der Waals surface area contributed by atoms with Gasteiger partial charge in [0, 0.05) is 12.1 Å². The second-order valence-electron chi connectivity index (χ2n) is 4.53. The molecule has 24 heavy (non-hydrogen) atoms. The molecule has 2 aromatic rings. The minimum atomic E-state index is -0.669. The second-order valence-corrected chi connectivity index (χ2v) is 4.94. The number of methoxy groups -OCH3 is 1. The molecule has 0 radical (unpaired) electrons. The Hall–Kier alpha value is -2.35. The lowest BCUT2D eigenvalue weighted by molar-refractivity contribution is -0.684. The highest BCUT2D eigenvalue weighted by molar-refractivity contribution is 6.34. The first kappa shape index (κ1) is 19.7. The first-order chi connectivity index (χ1) is 11.0. The lowest BCUT2D eigenvalue weighted by Crippen LogP contribution is -3.00. The summed E-state index contributed by atoms with van der Waals surface area (Å²) in [6.45, 7) is -0.0306. The summed E-state index contributed by atoms with van der Waals surface area (Å²) in [4.78, 5) is 23.2. The Labute approximate surface area is 149 Å². The number of hydrogen-bond donors (Lipinski definition) is 2. The molecule has 0 saturated carbocycles. The number of carbonyl (C=O) groups excluding carboxylic acids is 2. The Balaban J connectivity index is 0.00000288. The van der Waals surface area contributed by atoms with Gasteiger partial charge in [0.1, 0.15) is 0 Å². The molecule has 1 aromatic carbocycles. The number of benzene rings is 1. The summed E-state index contributed by atoms with van der Waals surface area (Å²) in [5, 5.41) is 13.1. The van der Waals surface area contributed by atoms with Crippen LogP contribution in [0.1, 0.15) is 0 Å². The quantitative estimate of drug-likeness (QED) is 0.420. The number of pyridine rings is 1. The van der Waals surface area contributed by atoms with E-state index in [9.17, 15) is 14.8 Å². The average Bonchev–Trinajstić information content (AvgIpc) is 2.56. The molecule has 0 fully saturated rings. The van der Waals surface area contributed by atoms with E-state index in [0.717, 1.165) is 0 Å². The maximum Gasteiger partial charge on any atom is 0.411 e. The van der Waals surface area contributed by atoms with Crippen LogP contribution < -0.4 is 27.4 Å². The van der Waals surface area contributed by atoms with Crippen LogP contribution in [0.5, 0.6) is 0 Å². The summed E-state index contributed by atoms with van der Waals surface area (Å²) < 4.78 is 6.09. The normalized spacial score (nSPS) is 9.62. The van der Waals surface area contributed by atoms with Crippen molar-refractivity contribution in [3.05, 3.63) is 53.8 Å². The van der Waals surface area contributed by atoms with Crippen molar-refractivity contribution in [2.24, 2.45) is 0 Å². The van der Waals surface area contributed by atoms with Crippen molar-refractivity contribution in [1.29, 1.82) is 0 Å². The van der Waals surface area contributed by atoms with Crippen molar-refractivity contribution in [2.45, 2.75) is 6.54 Å². The standard InChI is InChI=1S/C15H14ClN3O4.ClH/c1-23-15(21)17-13-6-5-11(9-12(13)16)19(22)14(20)10-18-7-3-2-4-8-18;/h2-9,22H,10H2,1H3;1H. The number of hydrogen-bond acceptors (Lipinski definition) is 4. The number of ether oxygens (including phenoxy) is 1. The van der Waals surface area contributed by atoms with Crippen molar-refractivity contribution < 1.29 is 36.5 Å². The molecule has 0 saturated heterocycles. The van der Waals surface area contributed by atoms with Crippen LogP contribution in [0.25, 0.3) is 0 Å². The van der Waals surface area contributed by atoms with E-state index in [4.69, 9.17) is 11.6 Å². The maximum atomic E-state index is 12.1. The van der Waals surface area contributed by atoms with Gasteiger partial charge in [0.05, 0.1) is 23.5 Å². The number of nitrogens with zero attached hydrogens (tertiary/aromatic N) is 2. The molecule has 9 heteroatoms. The summed E-state index contributed by atoms with van der Waals surface area (Å²) in [5.74, 6) is -0.536. The Morgan fingerprint density at radius 3 is 2.54 bits per heavy atom. The van der Waals surface area contributed by atoms with E-state index >= 15 is 0 Å². The minimum absolute atomic E-state index is 0. The molecule has 128 valence electrons. The third-order valence-electron chi connectivity index (χ3n) is 2.95. The van der Waals surface area contributed by atoms with E-state index in [0.29, 0.717) is 10.8 Å². The zero-order chi connectivity index (χ0) is 16.8. The molecule has 2 amide bonds. The van der Waals surface area contributed by atoms with Crippen LogP contribution in [0.3, 0.4) is 0 Å². The van der Waals surface area contributed by atoms with E-state index in [-0.39, 0.29) is 29.7 Å². The number of carbonyl (C=O) groups is 2. The van der Waals surface area contributed by atoms with Crippen LogP contribution in [0, 0.1) is 0 Å². The SMILES string of the molecule is COC(=O)Nc1ccc(N(O)C(=O)C[n+]2ccccc2)cc1Cl.[Cl-]. The smallest absolute Gasteiger partial charge is 0.411 e. The monoisotopic (exact) mass is 371 g/mol. The van der Waals surface area contributed by atoms with Crippen LogP contribution in [0.2, 0.25) is 5.02 Å². The van der Waals surface area contributed by atoms with Gasteiger partial charge in [0.15, 0.2) is 12.4 Å². The van der Waals surface area contributed by atoms with Gasteiger partial charge in [-0.05, 0) is 18.2 Å². The van der Waals surface area contributed by atoms with Crippen molar-refractivity contribution in [1.82, 2.24) is 0 Å². The average molecular weight is 372 g/mol. The van der Waals surface area contributed by atoms with Crippen LogP contribution in [0.4, 0.5) is 16.2 Å².